The van der Waals surface area contributed by atoms with Gasteiger partial charge in [0, 0.05) is 19.0 Å². The summed E-state index contributed by atoms with van der Waals surface area (Å²) in [7, 11) is 0. The van der Waals surface area contributed by atoms with Crippen molar-refractivity contribution in [2.75, 3.05) is 0 Å². The van der Waals surface area contributed by atoms with Gasteiger partial charge >= 0.3 is 0 Å². The Bertz CT molecular complexity index is 431. The molecule has 2 atom stereocenters. The highest BCUT2D eigenvalue weighted by Gasteiger charge is 2.31. The molecule has 1 amide bonds. The Morgan fingerprint density at radius 1 is 1.39 bits per heavy atom. The van der Waals surface area contributed by atoms with Crippen LogP contribution in [0.15, 0.2) is 5.51 Å². The van der Waals surface area contributed by atoms with E-state index in [1.807, 2.05) is 0 Å². The van der Waals surface area contributed by atoms with Crippen molar-refractivity contribution >= 4 is 17.2 Å². The third-order valence-electron chi connectivity index (χ3n) is 4.08. The van der Waals surface area contributed by atoms with E-state index in [0.29, 0.717) is 18.6 Å². The number of rotatable bonds is 2. The summed E-state index contributed by atoms with van der Waals surface area (Å²) in [6.07, 6.45) is 3.53. The number of hydrogen-bond acceptors (Lipinski definition) is 2. The van der Waals surface area contributed by atoms with E-state index < -0.39 is 0 Å². The Morgan fingerprint density at radius 3 is 2.50 bits per heavy atom. The van der Waals surface area contributed by atoms with Crippen LogP contribution in [0, 0.1) is 13.8 Å². The molecule has 0 radical (unpaired) electrons. The number of nitrogens with zero attached hydrogens (tertiary/aromatic N) is 2. The number of aryl methyl sites for hydroxylation is 1. The molecule has 100 valence electrons. The van der Waals surface area contributed by atoms with Gasteiger partial charge in [-0.25, -0.2) is 0 Å². The van der Waals surface area contributed by atoms with E-state index >= 15 is 0 Å². The molecule has 0 N–H and O–H groups in total. The normalized spacial score (nSPS) is 24.3. The van der Waals surface area contributed by atoms with Crippen LogP contribution in [0.5, 0.6) is 0 Å². The lowest BCUT2D eigenvalue weighted by molar-refractivity contribution is -0.686. The van der Waals surface area contributed by atoms with E-state index in [4.69, 9.17) is 0 Å². The first-order valence-electron chi connectivity index (χ1n) is 6.76. The monoisotopic (exact) mass is 267 g/mol. The minimum atomic E-state index is 0.264. The number of carbonyl (C=O) groups is 1. The van der Waals surface area contributed by atoms with Gasteiger partial charge in [-0.15, -0.1) is 0 Å². The molecule has 1 saturated heterocycles. The number of amides is 1. The Morgan fingerprint density at radius 2 is 2.00 bits per heavy atom. The van der Waals surface area contributed by atoms with Gasteiger partial charge in [-0.3, -0.25) is 4.79 Å². The van der Waals surface area contributed by atoms with Gasteiger partial charge in [-0.05, 0) is 40.0 Å². The van der Waals surface area contributed by atoms with Crippen molar-refractivity contribution in [1.29, 1.82) is 0 Å². The molecule has 1 aromatic heterocycles. The van der Waals surface area contributed by atoms with Crippen molar-refractivity contribution in [3.8, 4) is 0 Å². The van der Waals surface area contributed by atoms with Crippen LogP contribution in [-0.4, -0.2) is 22.9 Å². The predicted molar refractivity (Wildman–Crippen MR) is 73.6 cm³/mol. The molecule has 0 aromatic carbocycles. The molecule has 1 aromatic rings. The smallest absolute Gasteiger partial charge is 0.289 e. The van der Waals surface area contributed by atoms with Crippen LogP contribution in [0.4, 0.5) is 0 Å². The lowest BCUT2D eigenvalue weighted by atomic mass is 9.97. The molecule has 2 rings (SSSR count). The second-order valence-corrected chi connectivity index (χ2v) is 6.48. The average molecular weight is 267 g/mol. The molecule has 1 aliphatic rings. The molecule has 1 aliphatic heterocycles. The second kappa shape index (κ2) is 5.39. The molecule has 18 heavy (non-hydrogen) atoms. The minimum absolute atomic E-state index is 0.264. The molecule has 0 saturated carbocycles. The first kappa shape index (κ1) is 13.5. The fourth-order valence-electron chi connectivity index (χ4n) is 2.81. The van der Waals surface area contributed by atoms with Crippen LogP contribution >= 0.6 is 11.3 Å². The molecular formula is C14H23N2OS+. The Labute approximate surface area is 113 Å². The zero-order valence-electron chi connectivity index (χ0n) is 11.8. The van der Waals surface area contributed by atoms with E-state index in [2.05, 4.69) is 42.7 Å². The van der Waals surface area contributed by atoms with Crippen molar-refractivity contribution < 1.29 is 9.36 Å². The summed E-state index contributed by atoms with van der Waals surface area (Å²) in [6, 6.07) is 0.781. The van der Waals surface area contributed by atoms with Crippen LogP contribution in [0.2, 0.25) is 0 Å². The van der Waals surface area contributed by atoms with Gasteiger partial charge in [0.15, 0.2) is 5.69 Å². The number of piperidine rings is 1. The van der Waals surface area contributed by atoms with Gasteiger partial charge < -0.3 is 4.90 Å². The van der Waals surface area contributed by atoms with Crippen molar-refractivity contribution in [1.82, 2.24) is 4.90 Å². The molecule has 0 bridgehead atoms. The third-order valence-corrected chi connectivity index (χ3v) is 5.09. The van der Waals surface area contributed by atoms with E-state index in [9.17, 15) is 4.79 Å². The molecule has 3 nitrogen and oxygen atoms in total. The summed E-state index contributed by atoms with van der Waals surface area (Å²) < 4.78 is 2.08. The zero-order chi connectivity index (χ0) is 13.3. The fourth-order valence-corrected chi connectivity index (χ4v) is 3.61. The maximum absolute atomic E-state index is 12.5. The van der Waals surface area contributed by atoms with Crippen LogP contribution in [0.3, 0.4) is 0 Å². The van der Waals surface area contributed by atoms with Crippen LogP contribution in [0.1, 0.15) is 43.7 Å². The van der Waals surface area contributed by atoms with Gasteiger partial charge in [0.2, 0.25) is 12.1 Å². The Balaban J connectivity index is 2.09. The zero-order valence-corrected chi connectivity index (χ0v) is 12.6. The quantitative estimate of drug-likeness (QED) is 0.755. The third kappa shape index (κ3) is 2.58. The van der Waals surface area contributed by atoms with Crippen LogP contribution in [0.25, 0.3) is 0 Å². The fraction of sp³-hybridized carbons (Fsp3) is 0.714. The summed E-state index contributed by atoms with van der Waals surface area (Å²) in [5.41, 5.74) is 3.27. The highest BCUT2D eigenvalue weighted by molar-refractivity contribution is 7.09. The molecule has 0 aliphatic carbocycles. The average Bonchev–Trinajstić information content (AvgIpc) is 2.61. The maximum atomic E-state index is 12.5. The maximum Gasteiger partial charge on any atom is 0.289 e. The van der Waals surface area contributed by atoms with Crippen LogP contribution < -0.4 is 4.57 Å². The minimum Gasteiger partial charge on any atom is -0.332 e. The SMILES string of the molecule is Cc1sc[n+](CC(=O)N2C(C)CCCC2C)c1C. The van der Waals surface area contributed by atoms with Gasteiger partial charge in [-0.1, -0.05) is 11.3 Å². The Kier molecular flexibility index (Phi) is 4.05. The summed E-state index contributed by atoms with van der Waals surface area (Å²) >= 11 is 1.71. The van der Waals surface area contributed by atoms with E-state index in [1.54, 1.807) is 11.3 Å². The lowest BCUT2D eigenvalue weighted by Gasteiger charge is -2.38. The summed E-state index contributed by atoms with van der Waals surface area (Å²) in [6.45, 7) is 9.02. The lowest BCUT2D eigenvalue weighted by Crippen LogP contribution is -2.53. The summed E-state index contributed by atoms with van der Waals surface area (Å²) in [4.78, 5) is 15.8. The standard InChI is InChI=1S/C14H23N2OS/c1-10-6-5-7-11(2)16(10)14(17)8-15-9-18-13(4)12(15)3/h9-11H,5-8H2,1-4H3/q+1. The van der Waals surface area contributed by atoms with Gasteiger partial charge in [0.05, 0.1) is 4.88 Å². The molecule has 0 spiro atoms. The van der Waals surface area contributed by atoms with Crippen molar-refractivity contribution in [2.24, 2.45) is 0 Å². The number of aromatic nitrogens is 1. The molecule has 2 unspecified atom stereocenters. The molecular weight excluding hydrogens is 244 g/mol. The summed E-state index contributed by atoms with van der Waals surface area (Å²) in [5, 5.41) is 0. The van der Waals surface area contributed by atoms with Gasteiger partial charge in [0.25, 0.3) is 5.91 Å². The van der Waals surface area contributed by atoms with E-state index in [-0.39, 0.29) is 5.91 Å². The van der Waals surface area contributed by atoms with Crippen molar-refractivity contribution in [3.63, 3.8) is 0 Å². The molecule has 2 heterocycles. The number of carbonyl (C=O) groups excluding carboxylic acids is 1. The van der Waals surface area contributed by atoms with Crippen molar-refractivity contribution in [3.05, 3.63) is 16.1 Å². The topological polar surface area (TPSA) is 24.2 Å². The van der Waals surface area contributed by atoms with Gasteiger partial charge in [0.1, 0.15) is 0 Å². The Hall–Kier alpha value is -0.900. The van der Waals surface area contributed by atoms with Gasteiger partial charge in [-0.2, -0.15) is 4.57 Å². The molecule has 4 heteroatoms. The largest absolute Gasteiger partial charge is 0.332 e. The second-order valence-electron chi connectivity index (χ2n) is 5.42. The molecule has 1 fully saturated rings. The van der Waals surface area contributed by atoms with E-state index in [1.165, 1.54) is 17.0 Å². The summed E-state index contributed by atoms with van der Waals surface area (Å²) in [5.74, 6) is 0.264. The number of thiazole rings is 1. The number of likely N-dealkylation sites (tertiary alicyclic amines) is 1. The predicted octanol–water partition coefficient (Wildman–Crippen LogP) is 2.44. The first-order valence-corrected chi connectivity index (χ1v) is 7.64. The number of hydrogen-bond donors (Lipinski definition) is 0. The highest BCUT2D eigenvalue weighted by Crippen LogP contribution is 2.22. The highest BCUT2D eigenvalue weighted by atomic mass is 32.1. The van der Waals surface area contributed by atoms with E-state index in [0.717, 1.165) is 12.8 Å². The van der Waals surface area contributed by atoms with Crippen LogP contribution in [-0.2, 0) is 11.3 Å². The first-order chi connectivity index (χ1) is 8.50. The van der Waals surface area contributed by atoms with Crippen molar-refractivity contribution in [2.45, 2.75) is 65.6 Å².